The maximum absolute atomic E-state index is 11.9. The summed E-state index contributed by atoms with van der Waals surface area (Å²) in [6.07, 6.45) is 6.60. The molecule has 2 atom stereocenters. The normalized spacial score (nSPS) is 17.3. The van der Waals surface area contributed by atoms with E-state index in [-0.39, 0.29) is 36.0 Å². The zero-order chi connectivity index (χ0) is 37.9. The van der Waals surface area contributed by atoms with Gasteiger partial charge in [0.05, 0.1) is 41.6 Å². The molecule has 4 aromatic rings. The number of carbonyl (C=O) groups excluding carboxylic acids is 1. The SMILES string of the molecule is Cc1c(COc2cc(OCc3cncc(C#N)c3)c(C=O)cc2Cl)cccc1-c1cc(OCCCN2CCC(O)C2)cc(OCCCN2CCC(O)C2)c1. The van der Waals surface area contributed by atoms with E-state index in [9.17, 15) is 20.3 Å². The molecule has 1 aromatic heterocycles. The summed E-state index contributed by atoms with van der Waals surface area (Å²) in [6.45, 7) is 8.43. The predicted molar refractivity (Wildman–Crippen MR) is 205 cm³/mol. The van der Waals surface area contributed by atoms with Crippen molar-refractivity contribution < 1.29 is 34.0 Å². The molecule has 12 heteroatoms. The molecule has 54 heavy (non-hydrogen) atoms. The van der Waals surface area contributed by atoms with Crippen molar-refractivity contribution in [1.29, 1.82) is 5.26 Å². The molecule has 284 valence electrons. The van der Waals surface area contributed by atoms with Crippen molar-refractivity contribution in [1.82, 2.24) is 14.8 Å². The molecule has 0 bridgehead atoms. The van der Waals surface area contributed by atoms with Gasteiger partial charge in [-0.3, -0.25) is 9.78 Å². The number of hydrogen-bond donors (Lipinski definition) is 2. The first-order valence-electron chi connectivity index (χ1n) is 18.5. The lowest BCUT2D eigenvalue weighted by Gasteiger charge is -2.18. The van der Waals surface area contributed by atoms with Crippen molar-refractivity contribution in [3.63, 3.8) is 0 Å². The van der Waals surface area contributed by atoms with Crippen LogP contribution in [0.4, 0.5) is 0 Å². The molecule has 3 aromatic carbocycles. The summed E-state index contributed by atoms with van der Waals surface area (Å²) in [5, 5.41) is 29.2. The molecule has 0 amide bonds. The van der Waals surface area contributed by atoms with Crippen LogP contribution in [0.15, 0.2) is 67.0 Å². The van der Waals surface area contributed by atoms with Crippen molar-refractivity contribution in [2.45, 2.75) is 58.0 Å². The number of benzene rings is 3. The topological polar surface area (TPSA) is 138 Å². The predicted octanol–water partition coefficient (Wildman–Crippen LogP) is 6.22. The highest BCUT2D eigenvalue weighted by Gasteiger charge is 2.21. The summed E-state index contributed by atoms with van der Waals surface area (Å²) in [7, 11) is 0. The number of hydrogen-bond acceptors (Lipinski definition) is 11. The first-order valence-corrected chi connectivity index (χ1v) is 18.8. The van der Waals surface area contributed by atoms with E-state index in [0.29, 0.717) is 55.2 Å². The molecule has 2 saturated heterocycles. The molecule has 0 aliphatic carbocycles. The van der Waals surface area contributed by atoms with E-state index in [2.05, 4.69) is 26.9 Å². The van der Waals surface area contributed by atoms with E-state index in [1.165, 1.54) is 12.3 Å². The lowest BCUT2D eigenvalue weighted by molar-refractivity contribution is 0.111. The minimum absolute atomic E-state index is 0.102. The third-order valence-corrected chi connectivity index (χ3v) is 10.1. The Morgan fingerprint density at radius 1 is 0.870 bits per heavy atom. The number of pyridine rings is 1. The second-order valence-corrected chi connectivity index (χ2v) is 14.3. The van der Waals surface area contributed by atoms with Crippen LogP contribution in [0, 0.1) is 18.3 Å². The maximum Gasteiger partial charge on any atom is 0.153 e. The molecule has 3 heterocycles. The fourth-order valence-electron chi connectivity index (χ4n) is 6.86. The smallest absolute Gasteiger partial charge is 0.153 e. The van der Waals surface area contributed by atoms with Crippen molar-refractivity contribution >= 4 is 17.9 Å². The van der Waals surface area contributed by atoms with Gasteiger partial charge in [-0.15, -0.1) is 0 Å². The molecular formula is C42H47ClN4O7. The quantitative estimate of drug-likeness (QED) is 0.0885. The molecule has 2 unspecified atom stereocenters. The minimum atomic E-state index is -0.239. The number of β-amino-alcohol motifs (C(OH)–C–C–N with tert-alkyl or cyclic N) is 2. The molecule has 0 saturated carbocycles. The Balaban J connectivity index is 1.15. The number of nitriles is 1. The van der Waals surface area contributed by atoms with Crippen LogP contribution < -0.4 is 18.9 Å². The molecule has 11 nitrogen and oxygen atoms in total. The number of aldehydes is 1. The number of aliphatic hydroxyl groups is 2. The zero-order valence-corrected chi connectivity index (χ0v) is 31.3. The third-order valence-electron chi connectivity index (χ3n) is 9.80. The molecular weight excluding hydrogens is 708 g/mol. The highest BCUT2D eigenvalue weighted by molar-refractivity contribution is 6.32. The van der Waals surface area contributed by atoms with Crippen LogP contribution in [0.2, 0.25) is 5.02 Å². The number of rotatable bonds is 18. The molecule has 2 aliphatic heterocycles. The molecule has 0 spiro atoms. The Kier molecular flexibility index (Phi) is 13.8. The van der Waals surface area contributed by atoms with Gasteiger partial charge in [0.1, 0.15) is 42.3 Å². The van der Waals surface area contributed by atoms with Gasteiger partial charge in [0.15, 0.2) is 6.29 Å². The van der Waals surface area contributed by atoms with Gasteiger partial charge >= 0.3 is 0 Å². The third kappa shape index (κ3) is 10.7. The van der Waals surface area contributed by atoms with Crippen molar-refractivity contribution in [2.24, 2.45) is 0 Å². The first kappa shape index (κ1) is 39.0. The lowest BCUT2D eigenvalue weighted by Crippen LogP contribution is -2.24. The number of aliphatic hydroxyl groups excluding tert-OH is 2. The summed E-state index contributed by atoms with van der Waals surface area (Å²) >= 11 is 6.55. The van der Waals surface area contributed by atoms with Crippen LogP contribution >= 0.6 is 11.6 Å². The summed E-state index contributed by atoms with van der Waals surface area (Å²) in [6, 6.07) is 18.9. The van der Waals surface area contributed by atoms with E-state index >= 15 is 0 Å². The average molecular weight is 755 g/mol. The maximum atomic E-state index is 11.9. The van der Waals surface area contributed by atoms with Gasteiger partial charge in [-0.25, -0.2) is 0 Å². The number of ether oxygens (including phenoxy) is 4. The first-order chi connectivity index (χ1) is 26.3. The molecule has 2 N–H and O–H groups in total. The Morgan fingerprint density at radius 3 is 2.15 bits per heavy atom. The number of carbonyl (C=O) groups is 1. The van der Waals surface area contributed by atoms with Crippen LogP contribution in [0.5, 0.6) is 23.0 Å². The van der Waals surface area contributed by atoms with Crippen molar-refractivity contribution in [3.8, 4) is 40.2 Å². The van der Waals surface area contributed by atoms with E-state index in [4.69, 9.17) is 30.5 Å². The second kappa shape index (κ2) is 19.1. The standard InChI is InChI=1S/C42H47ClN4O7/c1-29-32(28-54-42-20-41(34(26-48)18-40(42)43)53-27-31-15-30(21-44)22-45-23-31)5-2-6-39(29)33-16-37(51-13-3-9-46-11-7-35(49)24-46)19-38(17-33)52-14-4-10-47-12-8-36(50)25-47/h2,5-6,15-20,22-23,26,35-36,49-50H,3-4,7-14,24-25,27-28H2,1H3. The monoisotopic (exact) mass is 754 g/mol. The molecule has 2 fully saturated rings. The average Bonchev–Trinajstić information content (AvgIpc) is 3.80. The number of likely N-dealkylation sites (tertiary alicyclic amines) is 2. The number of nitrogens with zero attached hydrogens (tertiary/aromatic N) is 4. The van der Waals surface area contributed by atoms with Gasteiger partial charge in [-0.2, -0.15) is 5.26 Å². The molecule has 2 aliphatic rings. The Labute approximate surface area is 321 Å². The van der Waals surface area contributed by atoms with Gasteiger partial charge in [0.25, 0.3) is 0 Å². The second-order valence-electron chi connectivity index (χ2n) is 13.9. The fraction of sp³-hybridized carbons (Fsp3) is 0.405. The van der Waals surface area contributed by atoms with E-state index in [1.807, 2.05) is 37.3 Å². The largest absolute Gasteiger partial charge is 0.493 e. The summed E-state index contributed by atoms with van der Waals surface area (Å²) in [5.41, 5.74) is 5.29. The highest BCUT2D eigenvalue weighted by Crippen LogP contribution is 2.36. The van der Waals surface area contributed by atoms with Crippen LogP contribution in [0.25, 0.3) is 11.1 Å². The van der Waals surface area contributed by atoms with Gasteiger partial charge in [-0.1, -0.05) is 29.8 Å². The van der Waals surface area contributed by atoms with Crippen LogP contribution in [0.1, 0.15) is 58.3 Å². The lowest BCUT2D eigenvalue weighted by atomic mass is 9.96. The van der Waals surface area contributed by atoms with Gasteiger partial charge in [0.2, 0.25) is 0 Å². The van der Waals surface area contributed by atoms with Gasteiger partial charge < -0.3 is 39.0 Å². The zero-order valence-electron chi connectivity index (χ0n) is 30.6. The number of aromatic nitrogens is 1. The van der Waals surface area contributed by atoms with Crippen molar-refractivity contribution in [3.05, 3.63) is 99.8 Å². The summed E-state index contributed by atoms with van der Waals surface area (Å²) < 4.78 is 24.7. The molecule has 0 radical (unpaired) electrons. The van der Waals surface area contributed by atoms with Gasteiger partial charge in [0, 0.05) is 69.4 Å². The van der Waals surface area contributed by atoms with Crippen LogP contribution in [-0.2, 0) is 13.2 Å². The van der Waals surface area contributed by atoms with Crippen LogP contribution in [0.3, 0.4) is 0 Å². The Morgan fingerprint density at radius 2 is 1.54 bits per heavy atom. The Hall–Kier alpha value is -4.70. The highest BCUT2D eigenvalue weighted by atomic mass is 35.5. The fourth-order valence-corrected chi connectivity index (χ4v) is 7.08. The minimum Gasteiger partial charge on any atom is -0.493 e. The van der Waals surface area contributed by atoms with Gasteiger partial charge in [-0.05, 0) is 79.1 Å². The van der Waals surface area contributed by atoms with E-state index < -0.39 is 0 Å². The summed E-state index contributed by atoms with van der Waals surface area (Å²) in [4.78, 5) is 20.4. The van der Waals surface area contributed by atoms with Crippen LogP contribution in [-0.4, -0.2) is 96.0 Å². The summed E-state index contributed by atoms with van der Waals surface area (Å²) in [5.74, 6) is 2.11. The molecule has 6 rings (SSSR count). The van der Waals surface area contributed by atoms with E-state index in [1.54, 1.807) is 18.3 Å². The van der Waals surface area contributed by atoms with Crippen molar-refractivity contribution in [2.75, 3.05) is 52.5 Å². The van der Waals surface area contributed by atoms with E-state index in [0.717, 1.165) is 85.6 Å². The number of halogens is 1. The Bertz CT molecular complexity index is 1890.